The average Bonchev–Trinajstić information content (AvgIpc) is 3.22. The molecule has 3 fully saturated rings. The Labute approximate surface area is 209 Å². The van der Waals surface area contributed by atoms with Crippen molar-refractivity contribution >= 4 is 28.1 Å². The van der Waals surface area contributed by atoms with Gasteiger partial charge in [-0.25, -0.2) is 9.97 Å². The average molecular weight is 486 g/mol. The van der Waals surface area contributed by atoms with Crippen molar-refractivity contribution in [3.05, 3.63) is 75.3 Å². The van der Waals surface area contributed by atoms with Gasteiger partial charge >= 0.3 is 0 Å². The number of thiophene rings is 1. The highest BCUT2D eigenvalue weighted by atomic mass is 32.1. The number of hydrogen-bond donors (Lipinski definition) is 1. The van der Waals surface area contributed by atoms with Crippen LogP contribution in [0.4, 0.5) is 5.82 Å². The van der Waals surface area contributed by atoms with Gasteiger partial charge in [0.25, 0.3) is 5.56 Å². The van der Waals surface area contributed by atoms with Crippen LogP contribution < -0.4 is 10.9 Å². The molecule has 2 bridgehead atoms. The lowest BCUT2D eigenvalue weighted by atomic mass is 9.49. The third-order valence-electron chi connectivity index (χ3n) is 7.54. The normalized spacial score (nSPS) is 21.6. The molecule has 3 heterocycles. The molecule has 7 rings (SSSR count). The fraction of sp³-hybridized carbons (Fsp3) is 0.393. The minimum absolute atomic E-state index is 0.0340. The Morgan fingerprint density at radius 3 is 2.66 bits per heavy atom. The SMILES string of the molecule is Cc1nc(NC(C)c2ccc(-c3ccccc3CN(C)C)s2)c2cn(C34CC(C3)C4)c(=O)cc2n1. The van der Waals surface area contributed by atoms with Crippen molar-refractivity contribution in [2.45, 2.75) is 51.2 Å². The Hall–Kier alpha value is -3.03. The monoisotopic (exact) mass is 485 g/mol. The van der Waals surface area contributed by atoms with Crippen LogP contribution in [0.2, 0.25) is 0 Å². The van der Waals surface area contributed by atoms with E-state index in [1.54, 1.807) is 6.07 Å². The molecule has 0 spiro atoms. The van der Waals surface area contributed by atoms with E-state index in [9.17, 15) is 4.79 Å². The molecule has 7 heteroatoms. The Kier molecular flexibility index (Phi) is 5.31. The second-order valence-corrected chi connectivity index (χ2v) is 11.7. The molecular formula is C28H31N5OS. The molecule has 1 aromatic carbocycles. The van der Waals surface area contributed by atoms with Crippen molar-refractivity contribution in [1.29, 1.82) is 0 Å². The van der Waals surface area contributed by atoms with Crippen LogP contribution in [0.25, 0.3) is 21.3 Å². The minimum Gasteiger partial charge on any atom is -0.362 e. The van der Waals surface area contributed by atoms with Gasteiger partial charge < -0.3 is 14.8 Å². The number of pyridine rings is 1. The maximum atomic E-state index is 12.9. The molecule has 3 saturated carbocycles. The summed E-state index contributed by atoms with van der Waals surface area (Å²) in [5.41, 5.74) is 3.41. The van der Waals surface area contributed by atoms with Crippen molar-refractivity contribution in [3.8, 4) is 10.4 Å². The Morgan fingerprint density at radius 2 is 1.94 bits per heavy atom. The zero-order valence-corrected chi connectivity index (χ0v) is 21.5. The Morgan fingerprint density at radius 1 is 1.17 bits per heavy atom. The zero-order chi connectivity index (χ0) is 24.3. The molecular weight excluding hydrogens is 454 g/mol. The second-order valence-electron chi connectivity index (χ2n) is 10.6. The standard InChI is InChI=1S/C28H31N5OS/c1-17(24-9-10-25(35-24)21-8-6-5-7-20(21)15-32(3)4)29-27-22-16-33(28-12-19(13-28)14-28)26(34)11-23(22)30-18(2)31-27/h5-11,16-17,19H,12-15H2,1-4H3,(H,29,30,31). The largest absolute Gasteiger partial charge is 0.362 e. The maximum absolute atomic E-state index is 12.9. The molecule has 4 aromatic rings. The predicted octanol–water partition coefficient (Wildman–Crippen LogP) is 5.57. The van der Waals surface area contributed by atoms with Crippen LogP contribution in [0.1, 0.15) is 48.5 Å². The van der Waals surface area contributed by atoms with E-state index in [1.807, 2.05) is 29.0 Å². The van der Waals surface area contributed by atoms with Gasteiger partial charge in [0.2, 0.25) is 0 Å². The first kappa shape index (κ1) is 22.4. The molecule has 6 nitrogen and oxygen atoms in total. The van der Waals surface area contributed by atoms with Gasteiger partial charge in [-0.3, -0.25) is 4.79 Å². The van der Waals surface area contributed by atoms with E-state index in [4.69, 9.17) is 4.98 Å². The lowest BCUT2D eigenvalue weighted by Crippen LogP contribution is -2.61. The van der Waals surface area contributed by atoms with Crippen LogP contribution in [0.5, 0.6) is 0 Å². The van der Waals surface area contributed by atoms with Crippen molar-refractivity contribution < 1.29 is 0 Å². The smallest absolute Gasteiger partial charge is 0.253 e. The van der Waals surface area contributed by atoms with Crippen molar-refractivity contribution in [2.24, 2.45) is 5.92 Å². The molecule has 3 aliphatic carbocycles. The summed E-state index contributed by atoms with van der Waals surface area (Å²) in [6.07, 6.45) is 5.37. The van der Waals surface area contributed by atoms with E-state index in [0.717, 1.165) is 42.9 Å². The summed E-state index contributed by atoms with van der Waals surface area (Å²) < 4.78 is 1.95. The molecule has 1 unspecified atom stereocenters. The molecule has 0 saturated heterocycles. The van der Waals surface area contributed by atoms with Crippen LogP contribution in [-0.2, 0) is 12.1 Å². The summed E-state index contributed by atoms with van der Waals surface area (Å²) in [7, 11) is 4.20. The van der Waals surface area contributed by atoms with Crippen LogP contribution in [0.3, 0.4) is 0 Å². The van der Waals surface area contributed by atoms with Crippen molar-refractivity contribution in [2.75, 3.05) is 19.4 Å². The van der Waals surface area contributed by atoms with Crippen molar-refractivity contribution in [3.63, 3.8) is 0 Å². The van der Waals surface area contributed by atoms with E-state index in [2.05, 4.69) is 72.6 Å². The molecule has 0 amide bonds. The van der Waals surface area contributed by atoms with E-state index in [1.165, 1.54) is 20.9 Å². The number of aryl methyl sites for hydroxylation is 1. The van der Waals surface area contributed by atoms with Crippen LogP contribution >= 0.6 is 11.3 Å². The molecule has 1 atom stereocenters. The van der Waals surface area contributed by atoms with Gasteiger partial charge in [0.1, 0.15) is 11.6 Å². The topological polar surface area (TPSA) is 63.1 Å². The minimum atomic E-state index is 0.0340. The van der Waals surface area contributed by atoms with Crippen LogP contribution in [-0.4, -0.2) is 33.5 Å². The van der Waals surface area contributed by atoms with Crippen LogP contribution in [0.15, 0.2) is 53.5 Å². The maximum Gasteiger partial charge on any atom is 0.253 e. The zero-order valence-electron chi connectivity index (χ0n) is 20.7. The van der Waals surface area contributed by atoms with Gasteiger partial charge in [-0.05, 0) is 76.4 Å². The van der Waals surface area contributed by atoms with Crippen molar-refractivity contribution in [1.82, 2.24) is 19.4 Å². The molecule has 180 valence electrons. The fourth-order valence-corrected chi connectivity index (χ4v) is 6.74. The Balaban J connectivity index is 1.32. The highest BCUT2D eigenvalue weighted by Gasteiger charge is 2.58. The number of benzene rings is 1. The first-order valence-corrected chi connectivity index (χ1v) is 13.1. The molecule has 35 heavy (non-hydrogen) atoms. The van der Waals surface area contributed by atoms with E-state index in [0.29, 0.717) is 11.3 Å². The van der Waals surface area contributed by atoms with Gasteiger partial charge in [0, 0.05) is 34.1 Å². The highest BCUT2D eigenvalue weighted by Crippen LogP contribution is 2.61. The highest BCUT2D eigenvalue weighted by molar-refractivity contribution is 7.15. The van der Waals surface area contributed by atoms with Crippen LogP contribution in [0, 0.1) is 12.8 Å². The van der Waals surface area contributed by atoms with Gasteiger partial charge in [0.05, 0.1) is 16.9 Å². The van der Waals surface area contributed by atoms with Gasteiger partial charge in [-0.1, -0.05) is 24.3 Å². The fourth-order valence-electron chi connectivity index (χ4n) is 5.67. The number of aromatic nitrogens is 3. The first-order chi connectivity index (χ1) is 16.8. The molecule has 3 aliphatic rings. The quantitative estimate of drug-likeness (QED) is 0.371. The third kappa shape index (κ3) is 3.87. The summed E-state index contributed by atoms with van der Waals surface area (Å²) in [6, 6.07) is 14.8. The number of nitrogens with zero attached hydrogens (tertiary/aromatic N) is 4. The van der Waals surface area contributed by atoms with E-state index in [-0.39, 0.29) is 17.1 Å². The number of fused-ring (bicyclic) bond motifs is 1. The lowest BCUT2D eigenvalue weighted by molar-refractivity contribution is -0.0911. The summed E-state index contributed by atoms with van der Waals surface area (Å²) in [5, 5.41) is 4.55. The summed E-state index contributed by atoms with van der Waals surface area (Å²) in [6.45, 7) is 4.96. The molecule has 0 radical (unpaired) electrons. The number of rotatable bonds is 7. The summed E-state index contributed by atoms with van der Waals surface area (Å²) >= 11 is 1.81. The van der Waals surface area contributed by atoms with E-state index < -0.39 is 0 Å². The van der Waals surface area contributed by atoms with Gasteiger partial charge in [-0.15, -0.1) is 11.3 Å². The second kappa shape index (κ2) is 8.28. The molecule has 1 N–H and O–H groups in total. The summed E-state index contributed by atoms with van der Waals surface area (Å²) in [4.78, 5) is 26.9. The summed E-state index contributed by atoms with van der Waals surface area (Å²) in [5.74, 6) is 2.27. The number of nitrogens with one attached hydrogen (secondary N) is 1. The third-order valence-corrected chi connectivity index (χ3v) is 8.84. The van der Waals surface area contributed by atoms with Gasteiger partial charge in [0.15, 0.2) is 0 Å². The van der Waals surface area contributed by atoms with Gasteiger partial charge in [-0.2, -0.15) is 0 Å². The number of anilines is 1. The van der Waals surface area contributed by atoms with E-state index >= 15 is 0 Å². The number of hydrogen-bond acceptors (Lipinski definition) is 6. The first-order valence-electron chi connectivity index (χ1n) is 12.3. The molecule has 3 aromatic heterocycles. The predicted molar refractivity (Wildman–Crippen MR) is 143 cm³/mol. The molecule has 0 aliphatic heterocycles. The lowest BCUT2D eigenvalue weighted by Gasteiger charge is -2.62. The Bertz CT molecular complexity index is 1470.